The van der Waals surface area contributed by atoms with Gasteiger partial charge in [-0.2, -0.15) is 5.11 Å². The molecule has 1 aliphatic rings. The quantitative estimate of drug-likeness (QED) is 0.127. The van der Waals surface area contributed by atoms with Crippen LogP contribution < -0.4 is 22.4 Å². The molecule has 2 rings (SSSR count). The van der Waals surface area contributed by atoms with Crippen LogP contribution in [0.25, 0.3) is 0 Å². The van der Waals surface area contributed by atoms with Gasteiger partial charge in [0.25, 0.3) is 5.56 Å². The molecule has 1 saturated heterocycles. The van der Waals surface area contributed by atoms with E-state index in [0.717, 1.165) is 23.8 Å². The van der Waals surface area contributed by atoms with Gasteiger partial charge in [-0.3, -0.25) is 19.1 Å². The average molecular weight is 442 g/mol. The number of nitrogens with zero attached hydrogens (tertiary/aromatic N) is 3. The van der Waals surface area contributed by atoms with Gasteiger partial charge in [0.2, 0.25) is 5.91 Å². The highest BCUT2D eigenvalue weighted by Crippen LogP contribution is 2.30. The lowest BCUT2D eigenvalue weighted by molar-refractivity contribution is -0.122. The number of aromatic amines is 1. The first-order valence-corrected chi connectivity index (χ1v) is 10.1. The maximum atomic E-state index is 12.1. The van der Waals surface area contributed by atoms with E-state index in [-0.39, 0.29) is 25.7 Å². The van der Waals surface area contributed by atoms with Crippen molar-refractivity contribution < 1.29 is 24.1 Å². The third kappa shape index (κ3) is 7.54. The van der Waals surface area contributed by atoms with Crippen molar-refractivity contribution in [3.05, 3.63) is 33.1 Å². The second kappa shape index (κ2) is 12.9. The molecule has 1 aromatic heterocycles. The molecule has 0 spiro atoms. The van der Waals surface area contributed by atoms with Crippen molar-refractivity contribution in [1.29, 1.82) is 0 Å². The Morgan fingerprint density at radius 3 is 2.90 bits per heavy atom. The number of nitrogens with one attached hydrogen (secondary N) is 2. The van der Waals surface area contributed by atoms with E-state index in [0.29, 0.717) is 13.0 Å². The Morgan fingerprint density at radius 1 is 1.39 bits per heavy atom. The molecule has 2 heterocycles. The van der Waals surface area contributed by atoms with Crippen LogP contribution in [0.2, 0.25) is 0 Å². The number of ether oxygens (including phenoxy) is 3. The lowest BCUT2D eigenvalue weighted by Crippen LogP contribution is -2.40. The minimum atomic E-state index is -1.06. The summed E-state index contributed by atoms with van der Waals surface area (Å²) in [5, 5.41) is 20.1. The number of carbonyl (C=O) groups is 1. The van der Waals surface area contributed by atoms with Gasteiger partial charge < -0.3 is 30.5 Å². The van der Waals surface area contributed by atoms with Crippen LogP contribution in [0.3, 0.4) is 0 Å². The van der Waals surface area contributed by atoms with Gasteiger partial charge in [0.15, 0.2) is 6.23 Å². The first-order valence-electron chi connectivity index (χ1n) is 10.1. The molecule has 0 aliphatic carbocycles. The molecule has 1 aromatic rings. The van der Waals surface area contributed by atoms with E-state index in [1.165, 1.54) is 19.4 Å². The van der Waals surface area contributed by atoms with E-state index >= 15 is 0 Å². The number of aliphatic hydroxyl groups is 1. The number of hydrogen-bond donors (Lipinski definition) is 4. The van der Waals surface area contributed by atoms with Gasteiger partial charge in [-0.05, 0) is 12.8 Å². The number of aliphatic hydroxyl groups excluding tert-OH is 1. The van der Waals surface area contributed by atoms with E-state index in [2.05, 4.69) is 20.6 Å². The van der Waals surface area contributed by atoms with Crippen LogP contribution >= 0.6 is 0 Å². The van der Waals surface area contributed by atoms with E-state index in [1.807, 2.05) is 0 Å². The highest BCUT2D eigenvalue weighted by molar-refractivity contribution is 5.75. The van der Waals surface area contributed by atoms with Crippen molar-refractivity contribution in [2.24, 2.45) is 16.2 Å². The third-order valence-corrected chi connectivity index (χ3v) is 4.75. The number of rotatable bonds is 13. The minimum Gasteiger partial charge on any atom is -0.387 e. The fraction of sp³-hybridized carbons (Fsp3) is 0.722. The first kappa shape index (κ1) is 24.7. The molecule has 31 heavy (non-hydrogen) atoms. The van der Waals surface area contributed by atoms with Gasteiger partial charge in [-0.15, -0.1) is 0 Å². The molecular formula is C18H30N6O7. The zero-order valence-electron chi connectivity index (χ0n) is 17.4. The summed E-state index contributed by atoms with van der Waals surface area (Å²) in [5.41, 5.74) is -1.23. The number of methoxy groups -OCH3 is 1. The summed E-state index contributed by atoms with van der Waals surface area (Å²) in [5.74, 6) is 4.80. The monoisotopic (exact) mass is 442 g/mol. The summed E-state index contributed by atoms with van der Waals surface area (Å²) in [7, 11) is 1.46. The molecule has 0 aromatic carbocycles. The topological polar surface area (TPSA) is 183 Å². The summed E-state index contributed by atoms with van der Waals surface area (Å²) in [6.45, 7) is 0.966. The molecule has 174 valence electrons. The molecule has 13 heteroatoms. The summed E-state index contributed by atoms with van der Waals surface area (Å²) in [4.78, 5) is 37.5. The van der Waals surface area contributed by atoms with E-state index < -0.39 is 35.8 Å². The third-order valence-electron chi connectivity index (χ3n) is 4.75. The maximum Gasteiger partial charge on any atom is 0.330 e. The molecule has 5 N–H and O–H groups in total. The Balaban J connectivity index is 1.84. The van der Waals surface area contributed by atoms with Crippen LogP contribution in [-0.2, 0) is 19.0 Å². The minimum absolute atomic E-state index is 0.0963. The summed E-state index contributed by atoms with van der Waals surface area (Å²) < 4.78 is 17.7. The van der Waals surface area contributed by atoms with Crippen molar-refractivity contribution in [2.45, 2.75) is 50.2 Å². The maximum absolute atomic E-state index is 12.1. The molecule has 4 atom stereocenters. The normalized spacial score (nSPS) is 23.4. The number of H-pyrrole nitrogens is 1. The predicted octanol–water partition coefficient (Wildman–Crippen LogP) is -1.17. The summed E-state index contributed by atoms with van der Waals surface area (Å²) in [6.07, 6.45) is 0.393. The second-order valence-corrected chi connectivity index (χ2v) is 7.00. The Hall–Kier alpha value is -2.61. The highest BCUT2D eigenvalue weighted by Gasteiger charge is 2.45. The van der Waals surface area contributed by atoms with Crippen molar-refractivity contribution in [3.63, 3.8) is 0 Å². The van der Waals surface area contributed by atoms with Crippen LogP contribution in [0.4, 0.5) is 0 Å². The summed E-state index contributed by atoms with van der Waals surface area (Å²) in [6, 6.07) is 1.18. The zero-order valence-corrected chi connectivity index (χ0v) is 17.4. The average Bonchev–Trinajstić information content (AvgIpc) is 3.03. The number of carbonyl (C=O) groups excluding carboxylic acids is 1. The molecule has 0 saturated carbocycles. The molecule has 0 radical (unpaired) electrons. The predicted molar refractivity (Wildman–Crippen MR) is 108 cm³/mol. The van der Waals surface area contributed by atoms with Gasteiger partial charge in [-0.25, -0.2) is 4.79 Å². The van der Waals surface area contributed by atoms with Crippen molar-refractivity contribution in [2.75, 3.05) is 33.4 Å². The second-order valence-electron chi connectivity index (χ2n) is 7.00. The standard InChI is InChI=1S/C18H30N6O7/c1-29-11-12-15(27)16(17(31-12)24-9-6-14(26)22-18(24)28)30-10-8-20-13(25)5-3-2-4-7-21-23-19/h6,9,12,15-17,27H,2-5,7-8,10-11H2,1H3,(H2,19,21)(H,20,25)(H,22,26,28)/t12-,15?,16?,17-/m1/s1. The zero-order chi connectivity index (χ0) is 22.6. The lowest BCUT2D eigenvalue weighted by atomic mass is 10.1. The van der Waals surface area contributed by atoms with Gasteiger partial charge in [-0.1, -0.05) is 11.6 Å². The number of aromatic nitrogens is 2. The van der Waals surface area contributed by atoms with Crippen molar-refractivity contribution in [3.8, 4) is 0 Å². The number of hydrogen-bond acceptors (Lipinski definition) is 9. The van der Waals surface area contributed by atoms with Crippen molar-refractivity contribution in [1.82, 2.24) is 14.9 Å². The van der Waals surface area contributed by atoms with E-state index in [4.69, 9.17) is 20.1 Å². The van der Waals surface area contributed by atoms with Crippen LogP contribution in [0.1, 0.15) is 31.9 Å². The molecule has 13 nitrogen and oxygen atoms in total. The van der Waals surface area contributed by atoms with Crippen molar-refractivity contribution >= 4 is 5.91 Å². The fourth-order valence-corrected chi connectivity index (χ4v) is 3.23. The first-order chi connectivity index (χ1) is 15.0. The van der Waals surface area contributed by atoms with Gasteiger partial charge in [0.05, 0.1) is 19.8 Å². The molecular weight excluding hydrogens is 412 g/mol. The molecule has 1 fully saturated rings. The van der Waals surface area contributed by atoms with E-state index in [1.54, 1.807) is 0 Å². The van der Waals surface area contributed by atoms with Gasteiger partial charge in [0.1, 0.15) is 18.3 Å². The number of amides is 1. The molecule has 1 aliphatic heterocycles. The highest BCUT2D eigenvalue weighted by atomic mass is 16.6. The van der Waals surface area contributed by atoms with Gasteiger partial charge >= 0.3 is 5.69 Å². The fourth-order valence-electron chi connectivity index (χ4n) is 3.23. The number of unbranched alkanes of at least 4 members (excludes halogenated alkanes) is 2. The smallest absolute Gasteiger partial charge is 0.330 e. The number of nitrogens with two attached hydrogens (primary N) is 1. The van der Waals surface area contributed by atoms with Crippen LogP contribution in [-0.4, -0.2) is 72.3 Å². The van der Waals surface area contributed by atoms with Crippen LogP contribution in [0, 0.1) is 0 Å². The van der Waals surface area contributed by atoms with Crippen LogP contribution in [0.15, 0.2) is 32.2 Å². The molecule has 1 amide bonds. The SMILES string of the molecule is COC[C@H]1O[C@@H](n2ccc(=O)[nH]c2=O)C(OCCNC(=O)CCCCCN=NN)C1O. The molecule has 2 unspecified atom stereocenters. The summed E-state index contributed by atoms with van der Waals surface area (Å²) >= 11 is 0. The Kier molecular flexibility index (Phi) is 10.3. The Morgan fingerprint density at radius 2 is 2.19 bits per heavy atom. The molecule has 0 bridgehead atoms. The van der Waals surface area contributed by atoms with Gasteiger partial charge in [0, 0.05) is 32.3 Å². The van der Waals surface area contributed by atoms with Crippen LogP contribution in [0.5, 0.6) is 0 Å². The van der Waals surface area contributed by atoms with E-state index in [9.17, 15) is 19.5 Å². The Labute approximate surface area is 178 Å². The Bertz CT molecular complexity index is 826. The lowest BCUT2D eigenvalue weighted by Gasteiger charge is -2.22. The largest absolute Gasteiger partial charge is 0.387 e.